The van der Waals surface area contributed by atoms with Gasteiger partial charge >= 0.3 is 0 Å². The van der Waals surface area contributed by atoms with E-state index in [-0.39, 0.29) is 22.8 Å². The molecule has 2 aliphatic heterocycles. The van der Waals surface area contributed by atoms with E-state index in [1.54, 1.807) is 13.0 Å². The first-order chi connectivity index (χ1) is 11.3. The molecule has 0 bridgehead atoms. The smallest absolute Gasteiger partial charge is 0.265 e. The first kappa shape index (κ1) is 17.2. The Morgan fingerprint density at radius 1 is 1.25 bits per heavy atom. The van der Waals surface area contributed by atoms with E-state index in [0.29, 0.717) is 11.4 Å². The molecule has 3 rings (SSSR count). The van der Waals surface area contributed by atoms with Crippen LogP contribution in [0.4, 0.5) is 5.69 Å². The maximum atomic E-state index is 12.6. The number of nitrogens with one attached hydrogen (secondary N) is 4. The molecule has 4 unspecified atom stereocenters. The third-order valence-corrected chi connectivity index (χ3v) is 5.94. The van der Waals surface area contributed by atoms with Crippen LogP contribution in [0.3, 0.4) is 0 Å². The van der Waals surface area contributed by atoms with Gasteiger partial charge in [-0.15, -0.1) is 0 Å². The topological polar surface area (TPSA) is 109 Å². The number of benzene rings is 1. The van der Waals surface area contributed by atoms with Gasteiger partial charge in [-0.1, -0.05) is 13.8 Å². The van der Waals surface area contributed by atoms with Crippen LogP contribution in [0, 0.1) is 5.92 Å². The molecule has 0 radical (unpaired) electrons. The van der Waals surface area contributed by atoms with Gasteiger partial charge in [-0.2, -0.15) is 4.72 Å². The molecule has 2 aliphatic rings. The number of sulfonamides is 1. The Balaban J connectivity index is 1.81. The fraction of sp³-hybridized carbons (Fsp3) is 0.533. The van der Waals surface area contributed by atoms with Crippen molar-refractivity contribution in [1.29, 1.82) is 0 Å². The van der Waals surface area contributed by atoms with E-state index in [1.165, 1.54) is 12.1 Å². The molecule has 1 amide bonds. The molecule has 4 atom stereocenters. The number of amides is 1. The predicted octanol–water partition coefficient (Wildman–Crippen LogP) is 0.533. The standard InChI is InChI=1S/C15H22N4O4S/c1-4-11-8(2)14(18-17-11)19-24(21,22)10-5-6-13-12(7-10)16-15(20)9(3)23-13/h5-9,11,14,17-19H,4H2,1-3H3,(H,16,20). The maximum Gasteiger partial charge on any atom is 0.265 e. The number of ether oxygens (including phenoxy) is 1. The number of rotatable bonds is 4. The molecule has 0 spiro atoms. The Morgan fingerprint density at radius 2 is 2.00 bits per heavy atom. The summed E-state index contributed by atoms with van der Waals surface area (Å²) >= 11 is 0. The molecule has 1 aromatic carbocycles. The summed E-state index contributed by atoms with van der Waals surface area (Å²) in [5.41, 5.74) is 6.42. The monoisotopic (exact) mass is 354 g/mol. The Hall–Kier alpha value is -1.68. The van der Waals surface area contributed by atoms with Crippen LogP contribution >= 0.6 is 0 Å². The van der Waals surface area contributed by atoms with E-state index >= 15 is 0 Å². The van der Waals surface area contributed by atoms with Crippen molar-refractivity contribution in [3.63, 3.8) is 0 Å². The lowest BCUT2D eigenvalue weighted by Crippen LogP contribution is -2.46. The van der Waals surface area contributed by atoms with Gasteiger partial charge in [-0.05, 0) is 31.5 Å². The Labute approximate surface area is 141 Å². The van der Waals surface area contributed by atoms with E-state index in [9.17, 15) is 13.2 Å². The molecule has 2 heterocycles. The number of carbonyl (C=O) groups excluding carboxylic acids is 1. The number of hydrogen-bond acceptors (Lipinski definition) is 6. The minimum absolute atomic E-state index is 0.0775. The molecule has 1 saturated heterocycles. The summed E-state index contributed by atoms with van der Waals surface area (Å²) in [6.07, 6.45) is -0.104. The van der Waals surface area contributed by atoms with Crippen molar-refractivity contribution in [1.82, 2.24) is 15.6 Å². The third-order valence-electron chi connectivity index (χ3n) is 4.50. The van der Waals surface area contributed by atoms with Crippen LogP contribution in [0.5, 0.6) is 5.75 Å². The zero-order chi connectivity index (χ0) is 17.5. The first-order valence-electron chi connectivity index (χ1n) is 7.96. The molecule has 9 heteroatoms. The van der Waals surface area contributed by atoms with Gasteiger partial charge < -0.3 is 10.1 Å². The molecule has 8 nitrogen and oxygen atoms in total. The average Bonchev–Trinajstić information content (AvgIpc) is 2.87. The Bertz CT molecular complexity index is 752. The molecular formula is C15H22N4O4S. The minimum Gasteiger partial charge on any atom is -0.479 e. The number of anilines is 1. The number of hydrogen-bond donors (Lipinski definition) is 4. The predicted molar refractivity (Wildman–Crippen MR) is 88.8 cm³/mol. The van der Waals surface area contributed by atoms with Crippen LogP contribution < -0.4 is 25.6 Å². The van der Waals surface area contributed by atoms with Crippen LogP contribution in [0.2, 0.25) is 0 Å². The van der Waals surface area contributed by atoms with Gasteiger partial charge in [0.05, 0.1) is 16.7 Å². The second-order valence-corrected chi connectivity index (χ2v) is 7.88. The second-order valence-electron chi connectivity index (χ2n) is 6.17. The van der Waals surface area contributed by atoms with Crippen LogP contribution in [-0.2, 0) is 14.8 Å². The average molecular weight is 354 g/mol. The number of carbonyl (C=O) groups is 1. The van der Waals surface area contributed by atoms with Crippen molar-refractivity contribution in [2.45, 2.75) is 50.4 Å². The third kappa shape index (κ3) is 3.12. The van der Waals surface area contributed by atoms with Crippen LogP contribution in [-0.4, -0.2) is 32.6 Å². The van der Waals surface area contributed by atoms with Crippen LogP contribution in [0.15, 0.2) is 23.1 Å². The lowest BCUT2D eigenvalue weighted by Gasteiger charge is -2.24. The highest BCUT2D eigenvalue weighted by Crippen LogP contribution is 2.32. The SMILES string of the molecule is CCC1NNC(NS(=O)(=O)c2ccc3c(c2)NC(=O)C(C)O3)C1C. The molecule has 1 aromatic rings. The van der Waals surface area contributed by atoms with Gasteiger partial charge in [0.1, 0.15) is 5.75 Å². The minimum atomic E-state index is -3.73. The quantitative estimate of drug-likeness (QED) is 0.628. The fourth-order valence-electron chi connectivity index (χ4n) is 2.89. The van der Waals surface area contributed by atoms with E-state index < -0.39 is 22.3 Å². The van der Waals surface area contributed by atoms with Gasteiger partial charge in [0, 0.05) is 12.0 Å². The van der Waals surface area contributed by atoms with Crippen molar-refractivity contribution < 1.29 is 17.9 Å². The summed E-state index contributed by atoms with van der Waals surface area (Å²) in [6.45, 7) is 5.66. The molecular weight excluding hydrogens is 332 g/mol. The van der Waals surface area contributed by atoms with Crippen LogP contribution in [0.25, 0.3) is 0 Å². The second kappa shape index (κ2) is 6.32. The number of hydrazine groups is 1. The van der Waals surface area contributed by atoms with Gasteiger partial charge in [0.15, 0.2) is 6.10 Å². The van der Waals surface area contributed by atoms with E-state index in [1.807, 2.05) is 13.8 Å². The highest BCUT2D eigenvalue weighted by molar-refractivity contribution is 7.89. The summed E-state index contributed by atoms with van der Waals surface area (Å²) in [5.74, 6) is 0.262. The molecule has 0 aliphatic carbocycles. The van der Waals surface area contributed by atoms with Crippen molar-refractivity contribution in [2.75, 3.05) is 5.32 Å². The maximum absolute atomic E-state index is 12.6. The van der Waals surface area contributed by atoms with Crippen molar-refractivity contribution in [3.8, 4) is 5.75 Å². The summed E-state index contributed by atoms with van der Waals surface area (Å²) < 4.78 is 33.4. The lowest BCUT2D eigenvalue weighted by molar-refractivity contribution is -0.122. The molecule has 132 valence electrons. The van der Waals surface area contributed by atoms with Crippen LogP contribution in [0.1, 0.15) is 27.2 Å². The summed E-state index contributed by atoms with van der Waals surface area (Å²) in [6, 6.07) is 4.63. The van der Waals surface area contributed by atoms with Crippen molar-refractivity contribution >= 4 is 21.6 Å². The normalized spacial score (nSPS) is 29.7. The molecule has 4 N–H and O–H groups in total. The van der Waals surface area contributed by atoms with Gasteiger partial charge in [-0.3, -0.25) is 10.2 Å². The van der Waals surface area contributed by atoms with E-state index in [2.05, 4.69) is 20.9 Å². The molecule has 24 heavy (non-hydrogen) atoms. The van der Waals surface area contributed by atoms with E-state index in [0.717, 1.165) is 6.42 Å². The molecule has 1 fully saturated rings. The molecule has 0 aromatic heterocycles. The fourth-order valence-corrected chi connectivity index (χ4v) is 4.16. The summed E-state index contributed by atoms with van der Waals surface area (Å²) in [5, 5.41) is 2.66. The van der Waals surface area contributed by atoms with Gasteiger partial charge in [0.2, 0.25) is 10.0 Å². The first-order valence-corrected chi connectivity index (χ1v) is 9.45. The van der Waals surface area contributed by atoms with Crippen molar-refractivity contribution in [3.05, 3.63) is 18.2 Å². The van der Waals surface area contributed by atoms with Gasteiger partial charge in [-0.25, -0.2) is 13.8 Å². The van der Waals surface area contributed by atoms with Crippen molar-refractivity contribution in [2.24, 2.45) is 5.92 Å². The number of fused-ring (bicyclic) bond motifs is 1. The van der Waals surface area contributed by atoms with Gasteiger partial charge in [0.25, 0.3) is 5.91 Å². The van der Waals surface area contributed by atoms with E-state index in [4.69, 9.17) is 4.74 Å². The highest BCUT2D eigenvalue weighted by Gasteiger charge is 2.34. The lowest BCUT2D eigenvalue weighted by atomic mass is 10.0. The highest BCUT2D eigenvalue weighted by atomic mass is 32.2. The Morgan fingerprint density at radius 3 is 2.67 bits per heavy atom. The molecule has 0 saturated carbocycles. The zero-order valence-corrected chi connectivity index (χ0v) is 14.6. The summed E-state index contributed by atoms with van der Waals surface area (Å²) in [7, 11) is -3.73. The largest absolute Gasteiger partial charge is 0.479 e. The summed E-state index contributed by atoms with van der Waals surface area (Å²) in [4.78, 5) is 11.8. The zero-order valence-electron chi connectivity index (χ0n) is 13.8. The Kier molecular flexibility index (Phi) is 4.52.